The molecule has 0 fully saturated rings. The number of rotatable bonds is 2. The summed E-state index contributed by atoms with van der Waals surface area (Å²) >= 11 is 3.02. The van der Waals surface area contributed by atoms with E-state index in [-0.39, 0.29) is 10.2 Å². The van der Waals surface area contributed by atoms with Crippen molar-refractivity contribution >= 4 is 33.0 Å². The number of nitrogens with two attached hydrogens (primary N) is 1. The van der Waals surface area contributed by atoms with Crippen LogP contribution >= 0.6 is 15.9 Å². The van der Waals surface area contributed by atoms with Gasteiger partial charge in [-0.25, -0.2) is 4.39 Å². The molecule has 0 aliphatic carbocycles. The molecule has 0 unspecified atom stereocenters. The zero-order chi connectivity index (χ0) is 14.9. The fourth-order valence-corrected chi connectivity index (χ4v) is 1.96. The highest BCUT2D eigenvalue weighted by Gasteiger charge is 2.30. The lowest BCUT2D eigenvalue weighted by molar-refractivity contribution is -0.137. The molecule has 0 heterocycles. The molecule has 2 nitrogen and oxygen atoms in total. The van der Waals surface area contributed by atoms with E-state index in [0.717, 1.165) is 12.1 Å². The summed E-state index contributed by atoms with van der Waals surface area (Å²) in [5, 5.41) is 2.83. The molecule has 106 valence electrons. The van der Waals surface area contributed by atoms with Gasteiger partial charge in [0, 0.05) is 5.69 Å². The second kappa shape index (κ2) is 5.32. The van der Waals surface area contributed by atoms with Gasteiger partial charge in [0.15, 0.2) is 0 Å². The predicted molar refractivity (Wildman–Crippen MR) is 73.2 cm³/mol. The van der Waals surface area contributed by atoms with Gasteiger partial charge in [0.1, 0.15) is 5.82 Å². The maximum absolute atomic E-state index is 13.1. The molecule has 0 saturated heterocycles. The summed E-state index contributed by atoms with van der Waals surface area (Å²) in [6.45, 7) is 0. The van der Waals surface area contributed by atoms with Crippen molar-refractivity contribution in [1.82, 2.24) is 0 Å². The number of alkyl halides is 3. The Labute approximate surface area is 120 Å². The van der Waals surface area contributed by atoms with Gasteiger partial charge in [0.25, 0.3) is 0 Å². The SMILES string of the molecule is Nc1cc(C(F)(F)F)ccc1Nc1ccc(F)c(Br)c1. The number of anilines is 3. The maximum Gasteiger partial charge on any atom is 0.416 e. The first-order valence-electron chi connectivity index (χ1n) is 5.46. The van der Waals surface area contributed by atoms with Gasteiger partial charge in [-0.15, -0.1) is 0 Å². The highest BCUT2D eigenvalue weighted by Crippen LogP contribution is 2.34. The third-order valence-corrected chi connectivity index (χ3v) is 3.19. The predicted octanol–water partition coefficient (Wildman–Crippen LogP) is 4.93. The Morgan fingerprint density at radius 3 is 2.30 bits per heavy atom. The first kappa shape index (κ1) is 14.6. The van der Waals surface area contributed by atoms with Crippen LogP contribution < -0.4 is 11.1 Å². The molecule has 0 aliphatic rings. The summed E-state index contributed by atoms with van der Waals surface area (Å²) in [7, 11) is 0. The maximum atomic E-state index is 13.1. The van der Waals surface area contributed by atoms with Crippen molar-refractivity contribution in [2.75, 3.05) is 11.1 Å². The molecule has 0 radical (unpaired) electrons. The van der Waals surface area contributed by atoms with E-state index in [0.29, 0.717) is 11.4 Å². The molecule has 0 spiro atoms. The van der Waals surface area contributed by atoms with E-state index < -0.39 is 17.6 Å². The molecule has 3 N–H and O–H groups in total. The molecule has 2 rings (SSSR count). The van der Waals surface area contributed by atoms with Crippen molar-refractivity contribution in [3.63, 3.8) is 0 Å². The van der Waals surface area contributed by atoms with Crippen LogP contribution in [0.2, 0.25) is 0 Å². The summed E-state index contributed by atoms with van der Waals surface area (Å²) < 4.78 is 50.8. The van der Waals surface area contributed by atoms with Crippen LogP contribution in [0.25, 0.3) is 0 Å². The highest BCUT2D eigenvalue weighted by atomic mass is 79.9. The first-order valence-corrected chi connectivity index (χ1v) is 6.25. The molecule has 20 heavy (non-hydrogen) atoms. The van der Waals surface area contributed by atoms with Crippen LogP contribution in [0.1, 0.15) is 5.56 Å². The Kier molecular flexibility index (Phi) is 3.89. The van der Waals surface area contributed by atoms with Crippen molar-refractivity contribution < 1.29 is 17.6 Å². The summed E-state index contributed by atoms with van der Waals surface area (Å²) in [6, 6.07) is 7.16. The van der Waals surface area contributed by atoms with E-state index in [2.05, 4.69) is 21.2 Å². The van der Waals surface area contributed by atoms with E-state index in [1.165, 1.54) is 24.3 Å². The monoisotopic (exact) mass is 348 g/mol. The lowest BCUT2D eigenvalue weighted by Crippen LogP contribution is -2.06. The zero-order valence-electron chi connectivity index (χ0n) is 9.93. The van der Waals surface area contributed by atoms with Crippen LogP contribution in [0.4, 0.5) is 34.6 Å². The normalized spacial score (nSPS) is 11.4. The molecule has 0 bridgehead atoms. The molecule has 0 aromatic heterocycles. The second-order valence-electron chi connectivity index (χ2n) is 4.05. The third kappa shape index (κ3) is 3.22. The molecule has 2 aromatic carbocycles. The Bertz CT molecular complexity index is 641. The Morgan fingerprint density at radius 1 is 1.05 bits per heavy atom. The van der Waals surface area contributed by atoms with Crippen molar-refractivity contribution in [1.29, 1.82) is 0 Å². The van der Waals surface area contributed by atoms with Gasteiger partial charge in [-0.1, -0.05) is 0 Å². The quantitative estimate of drug-likeness (QED) is 0.596. The van der Waals surface area contributed by atoms with Crippen LogP contribution in [0.3, 0.4) is 0 Å². The zero-order valence-corrected chi connectivity index (χ0v) is 11.5. The van der Waals surface area contributed by atoms with Crippen LogP contribution in [0.5, 0.6) is 0 Å². The van der Waals surface area contributed by atoms with Gasteiger partial charge in [-0.05, 0) is 52.3 Å². The van der Waals surface area contributed by atoms with E-state index in [4.69, 9.17) is 5.73 Å². The smallest absolute Gasteiger partial charge is 0.397 e. The molecule has 0 aliphatic heterocycles. The number of halogens is 5. The van der Waals surface area contributed by atoms with Crippen LogP contribution in [0, 0.1) is 5.82 Å². The Morgan fingerprint density at radius 2 is 1.75 bits per heavy atom. The van der Waals surface area contributed by atoms with Gasteiger partial charge in [-0.3, -0.25) is 0 Å². The fourth-order valence-electron chi connectivity index (χ4n) is 1.58. The van der Waals surface area contributed by atoms with Gasteiger partial charge in [0.2, 0.25) is 0 Å². The Hall–Kier alpha value is -1.76. The molecule has 7 heteroatoms. The average molecular weight is 349 g/mol. The summed E-state index contributed by atoms with van der Waals surface area (Å²) in [4.78, 5) is 0. The van der Waals surface area contributed by atoms with E-state index in [9.17, 15) is 17.6 Å². The highest BCUT2D eigenvalue weighted by molar-refractivity contribution is 9.10. The van der Waals surface area contributed by atoms with Gasteiger partial charge in [0.05, 0.1) is 21.4 Å². The molecular formula is C13H9BrF4N2. The molecule has 0 saturated carbocycles. The van der Waals surface area contributed by atoms with Crippen LogP contribution in [-0.4, -0.2) is 0 Å². The van der Waals surface area contributed by atoms with Crippen molar-refractivity contribution in [3.8, 4) is 0 Å². The van der Waals surface area contributed by atoms with E-state index >= 15 is 0 Å². The molecular weight excluding hydrogens is 340 g/mol. The fraction of sp³-hybridized carbons (Fsp3) is 0.0769. The first-order chi connectivity index (χ1) is 9.27. The summed E-state index contributed by atoms with van der Waals surface area (Å²) in [5.74, 6) is -0.434. The van der Waals surface area contributed by atoms with Crippen molar-refractivity contribution in [3.05, 3.63) is 52.3 Å². The molecule has 2 aromatic rings. The van der Waals surface area contributed by atoms with E-state index in [1.807, 2.05) is 0 Å². The lowest BCUT2D eigenvalue weighted by atomic mass is 10.1. The minimum atomic E-state index is -4.44. The van der Waals surface area contributed by atoms with Crippen molar-refractivity contribution in [2.45, 2.75) is 6.18 Å². The minimum Gasteiger partial charge on any atom is -0.397 e. The number of hydrogen-bond donors (Lipinski definition) is 2. The van der Waals surface area contributed by atoms with E-state index in [1.54, 1.807) is 0 Å². The number of benzene rings is 2. The Balaban J connectivity index is 2.28. The second-order valence-corrected chi connectivity index (χ2v) is 4.91. The number of nitrogens with one attached hydrogen (secondary N) is 1. The van der Waals surface area contributed by atoms with Gasteiger partial charge >= 0.3 is 6.18 Å². The minimum absolute atomic E-state index is 0.0414. The van der Waals surface area contributed by atoms with Gasteiger partial charge < -0.3 is 11.1 Å². The molecule has 0 atom stereocenters. The molecule has 0 amide bonds. The standard InChI is InChI=1S/C13H9BrF4N2/c14-9-6-8(2-3-10(9)15)20-12-4-1-7(5-11(12)19)13(16,17)18/h1-6,20H,19H2. The van der Waals surface area contributed by atoms with Gasteiger partial charge in [-0.2, -0.15) is 13.2 Å². The number of nitrogen functional groups attached to an aromatic ring is 1. The van der Waals surface area contributed by atoms with Crippen molar-refractivity contribution in [2.24, 2.45) is 0 Å². The number of hydrogen-bond acceptors (Lipinski definition) is 2. The van der Waals surface area contributed by atoms with Crippen LogP contribution in [-0.2, 0) is 6.18 Å². The average Bonchev–Trinajstić information content (AvgIpc) is 2.35. The third-order valence-electron chi connectivity index (χ3n) is 2.58. The topological polar surface area (TPSA) is 38.0 Å². The lowest BCUT2D eigenvalue weighted by Gasteiger charge is -2.13. The largest absolute Gasteiger partial charge is 0.416 e. The summed E-state index contributed by atoms with van der Waals surface area (Å²) in [6.07, 6.45) is -4.44. The summed E-state index contributed by atoms with van der Waals surface area (Å²) in [5.41, 5.74) is 5.55. The van der Waals surface area contributed by atoms with Crippen LogP contribution in [0.15, 0.2) is 40.9 Å².